The minimum atomic E-state index is -4.81. The van der Waals surface area contributed by atoms with Gasteiger partial charge in [-0.25, -0.2) is 0 Å². The van der Waals surface area contributed by atoms with Crippen LogP contribution in [0.2, 0.25) is 0 Å². The van der Waals surface area contributed by atoms with Gasteiger partial charge in [0, 0.05) is 30.9 Å². The van der Waals surface area contributed by atoms with Gasteiger partial charge in [-0.2, -0.15) is 0 Å². The fraction of sp³-hybridized carbons (Fsp3) is 0.296. The quantitative estimate of drug-likeness (QED) is 0.288. The van der Waals surface area contributed by atoms with Crippen molar-refractivity contribution in [2.75, 3.05) is 28.6 Å². The van der Waals surface area contributed by atoms with Crippen LogP contribution < -0.4 is 20.3 Å². The largest absolute Gasteiger partial charge is 0.573 e. The van der Waals surface area contributed by atoms with Crippen LogP contribution in [0.4, 0.5) is 29.9 Å². The number of hydrogen-bond acceptors (Lipinski definition) is 10. The van der Waals surface area contributed by atoms with Crippen molar-refractivity contribution >= 4 is 39.9 Å². The van der Waals surface area contributed by atoms with Crippen molar-refractivity contribution in [1.29, 1.82) is 0 Å². The Balaban J connectivity index is 1.13. The molecule has 1 atom stereocenters. The van der Waals surface area contributed by atoms with Gasteiger partial charge in [-0.05, 0) is 54.8 Å². The first-order valence-corrected chi connectivity index (χ1v) is 13.8. The molecule has 0 aliphatic carbocycles. The molecule has 4 heterocycles. The molecule has 1 aliphatic heterocycles. The Kier molecular flexibility index (Phi) is 8.85. The maximum Gasteiger partial charge on any atom is 0.573 e. The number of anilines is 3. The topological polar surface area (TPSA) is 135 Å². The molecule has 15 heteroatoms. The second kappa shape index (κ2) is 12.9. The van der Waals surface area contributed by atoms with Gasteiger partial charge in [0.2, 0.25) is 16.9 Å². The summed E-state index contributed by atoms with van der Waals surface area (Å²) in [6.45, 7) is 1.40. The van der Waals surface area contributed by atoms with Crippen molar-refractivity contribution in [2.24, 2.45) is 0 Å². The molecular weight excluding hydrogens is 573 g/mol. The van der Waals surface area contributed by atoms with Gasteiger partial charge < -0.3 is 20.3 Å². The molecule has 1 aromatic carbocycles. The zero-order valence-electron chi connectivity index (χ0n) is 22.0. The lowest BCUT2D eigenvalue weighted by atomic mass is 9.99. The number of alkyl halides is 3. The second-order valence-corrected chi connectivity index (χ2v) is 10.5. The van der Waals surface area contributed by atoms with E-state index in [1.54, 1.807) is 30.5 Å². The van der Waals surface area contributed by atoms with Gasteiger partial charge in [0.25, 0.3) is 0 Å². The number of amides is 2. The highest BCUT2D eigenvalue weighted by atomic mass is 32.1. The smallest absolute Gasteiger partial charge is 0.406 e. The number of nitrogens with zero attached hydrogens (tertiary/aromatic N) is 6. The number of pyridine rings is 1. The molecule has 4 aromatic rings. The summed E-state index contributed by atoms with van der Waals surface area (Å²) in [6, 6.07) is 14.0. The molecule has 1 unspecified atom stereocenters. The van der Waals surface area contributed by atoms with E-state index in [2.05, 4.69) is 45.6 Å². The number of carbonyl (C=O) groups excluding carboxylic acids is 2. The molecule has 0 saturated carbocycles. The van der Waals surface area contributed by atoms with E-state index in [1.807, 2.05) is 6.07 Å². The number of benzene rings is 1. The van der Waals surface area contributed by atoms with Gasteiger partial charge in [-0.3, -0.25) is 14.6 Å². The van der Waals surface area contributed by atoms with Gasteiger partial charge in [0.1, 0.15) is 10.8 Å². The number of piperidine rings is 1. The van der Waals surface area contributed by atoms with Crippen LogP contribution in [0, 0.1) is 0 Å². The summed E-state index contributed by atoms with van der Waals surface area (Å²) in [5.41, 5.74) is 1.02. The van der Waals surface area contributed by atoms with Crippen LogP contribution in [-0.4, -0.2) is 56.6 Å². The fourth-order valence-electron chi connectivity index (χ4n) is 4.45. The zero-order chi connectivity index (χ0) is 29.5. The van der Waals surface area contributed by atoms with Crippen LogP contribution in [0.1, 0.15) is 35.0 Å². The maximum atomic E-state index is 12.5. The maximum absolute atomic E-state index is 12.5. The Labute approximate surface area is 242 Å². The molecule has 0 spiro atoms. The number of hydrogen-bond donors (Lipinski definition) is 2. The summed E-state index contributed by atoms with van der Waals surface area (Å²) in [5.74, 6) is -0.132. The predicted molar refractivity (Wildman–Crippen MR) is 148 cm³/mol. The van der Waals surface area contributed by atoms with Crippen molar-refractivity contribution in [2.45, 2.75) is 38.0 Å². The standard InChI is InChI=1S/C27H25F3N8O3S/c28-27(29,30)41-20-8-3-5-17(13-20)14-23(39)32-21-9-10-22(35-34-21)38-12-4-6-18(16-38)25-36-37-26(42-25)33-24(40)15-19-7-1-2-11-31-19/h1-3,5,7-11,13,18H,4,6,12,14-16H2,(H,32,34,39)(H,33,37,40). The Morgan fingerprint density at radius 2 is 1.83 bits per heavy atom. The monoisotopic (exact) mass is 598 g/mol. The molecule has 5 rings (SSSR count). The molecule has 3 aromatic heterocycles. The third-order valence-electron chi connectivity index (χ3n) is 6.26. The van der Waals surface area contributed by atoms with Crippen molar-refractivity contribution < 1.29 is 27.5 Å². The normalized spacial score (nSPS) is 15.2. The zero-order valence-corrected chi connectivity index (χ0v) is 22.9. The number of ether oxygens (including phenoxy) is 1. The number of aromatic nitrogens is 5. The van der Waals surface area contributed by atoms with E-state index in [0.29, 0.717) is 28.8 Å². The van der Waals surface area contributed by atoms with Crippen molar-refractivity contribution in [3.8, 4) is 5.75 Å². The minimum Gasteiger partial charge on any atom is -0.406 e. The molecule has 2 N–H and O–H groups in total. The molecule has 1 saturated heterocycles. The Hall–Kier alpha value is -4.66. The van der Waals surface area contributed by atoms with Gasteiger partial charge in [-0.15, -0.1) is 33.6 Å². The highest BCUT2D eigenvalue weighted by Crippen LogP contribution is 2.32. The van der Waals surface area contributed by atoms with Crippen molar-refractivity contribution in [1.82, 2.24) is 25.4 Å². The number of carbonyl (C=O) groups is 2. The highest BCUT2D eigenvalue weighted by Gasteiger charge is 2.31. The van der Waals surface area contributed by atoms with E-state index in [-0.39, 0.29) is 30.5 Å². The van der Waals surface area contributed by atoms with Crippen LogP contribution in [0.25, 0.3) is 0 Å². The molecule has 42 heavy (non-hydrogen) atoms. The molecule has 1 aliphatic rings. The first kappa shape index (κ1) is 28.9. The predicted octanol–water partition coefficient (Wildman–Crippen LogP) is 4.37. The van der Waals surface area contributed by atoms with E-state index < -0.39 is 18.0 Å². The summed E-state index contributed by atoms with van der Waals surface area (Å²) in [7, 11) is 0. The molecule has 0 radical (unpaired) electrons. The van der Waals surface area contributed by atoms with E-state index in [9.17, 15) is 22.8 Å². The van der Waals surface area contributed by atoms with Gasteiger partial charge in [0.15, 0.2) is 11.6 Å². The average molecular weight is 599 g/mol. The van der Waals surface area contributed by atoms with E-state index in [4.69, 9.17) is 0 Å². The lowest BCUT2D eigenvalue weighted by Gasteiger charge is -2.32. The summed E-state index contributed by atoms with van der Waals surface area (Å²) >= 11 is 1.34. The van der Waals surface area contributed by atoms with Crippen LogP contribution in [0.3, 0.4) is 0 Å². The minimum absolute atomic E-state index is 0.0935. The van der Waals surface area contributed by atoms with Crippen LogP contribution in [0.15, 0.2) is 60.8 Å². The first-order chi connectivity index (χ1) is 20.2. The Morgan fingerprint density at radius 3 is 2.60 bits per heavy atom. The van der Waals surface area contributed by atoms with E-state index in [0.717, 1.165) is 36.5 Å². The fourth-order valence-corrected chi connectivity index (χ4v) is 5.34. The molecular formula is C27H25F3N8O3S. The SMILES string of the molecule is O=C(Cc1cccc(OC(F)(F)F)c1)Nc1ccc(N2CCCC(c3nnc(NC(=O)Cc4ccccn4)s3)C2)nn1. The Morgan fingerprint density at radius 1 is 0.976 bits per heavy atom. The van der Waals surface area contributed by atoms with Gasteiger partial charge >= 0.3 is 6.36 Å². The number of rotatable bonds is 9. The average Bonchev–Trinajstić information content (AvgIpc) is 3.41. The molecule has 11 nitrogen and oxygen atoms in total. The molecule has 0 bridgehead atoms. The first-order valence-electron chi connectivity index (χ1n) is 13.0. The van der Waals surface area contributed by atoms with Crippen LogP contribution >= 0.6 is 11.3 Å². The van der Waals surface area contributed by atoms with E-state index in [1.165, 1.54) is 23.5 Å². The van der Waals surface area contributed by atoms with Crippen molar-refractivity contribution in [3.05, 3.63) is 77.1 Å². The third kappa shape index (κ3) is 8.19. The molecule has 2 amide bonds. The number of halogens is 3. The highest BCUT2D eigenvalue weighted by molar-refractivity contribution is 7.15. The lowest BCUT2D eigenvalue weighted by Crippen LogP contribution is -2.35. The summed E-state index contributed by atoms with van der Waals surface area (Å²) in [4.78, 5) is 31.0. The summed E-state index contributed by atoms with van der Waals surface area (Å²) in [6.07, 6.45) is -1.40. The molecule has 1 fully saturated rings. The molecule has 218 valence electrons. The van der Waals surface area contributed by atoms with Crippen LogP contribution in [0.5, 0.6) is 5.75 Å². The van der Waals surface area contributed by atoms with Gasteiger partial charge in [-0.1, -0.05) is 29.5 Å². The number of nitrogens with one attached hydrogen (secondary N) is 2. The second-order valence-electron chi connectivity index (χ2n) is 9.47. The van der Waals surface area contributed by atoms with Crippen LogP contribution in [-0.2, 0) is 22.4 Å². The summed E-state index contributed by atoms with van der Waals surface area (Å²) in [5, 5.41) is 23.4. The van der Waals surface area contributed by atoms with E-state index >= 15 is 0 Å². The Bertz CT molecular complexity index is 1520. The lowest BCUT2D eigenvalue weighted by molar-refractivity contribution is -0.274. The van der Waals surface area contributed by atoms with Crippen molar-refractivity contribution in [3.63, 3.8) is 0 Å². The van der Waals surface area contributed by atoms with Gasteiger partial charge in [0.05, 0.1) is 12.8 Å². The summed E-state index contributed by atoms with van der Waals surface area (Å²) < 4.78 is 41.3. The third-order valence-corrected chi connectivity index (χ3v) is 7.27.